The van der Waals surface area contributed by atoms with Gasteiger partial charge in [0.05, 0.1) is 17.6 Å². The number of likely N-dealkylation sites (tertiary alicyclic amines) is 1. The smallest absolute Gasteiger partial charge is 0.277 e. The minimum Gasteiger partial charge on any atom is -0.336 e. The summed E-state index contributed by atoms with van der Waals surface area (Å²) in [4.78, 5) is 36.8. The van der Waals surface area contributed by atoms with Crippen molar-refractivity contribution in [3.8, 4) is 0 Å². The summed E-state index contributed by atoms with van der Waals surface area (Å²) in [5, 5.41) is 8.64. The molecule has 1 aromatic rings. The molecule has 2 N–H and O–H groups in total. The molecule has 0 spiro atoms. The van der Waals surface area contributed by atoms with Gasteiger partial charge in [-0.3, -0.25) is 14.8 Å². The van der Waals surface area contributed by atoms with Gasteiger partial charge in [-0.15, -0.1) is 0 Å². The molecule has 2 atom stereocenters. The molecule has 2 amide bonds. The molecule has 3 fully saturated rings. The lowest BCUT2D eigenvalue weighted by molar-refractivity contribution is -0.137. The highest BCUT2D eigenvalue weighted by Gasteiger charge is 2.47. The Bertz CT molecular complexity index is 659. The molecule has 2 aliphatic heterocycles. The largest absolute Gasteiger partial charge is 0.336 e. The molecule has 25 heavy (non-hydrogen) atoms. The molecule has 1 saturated carbocycles. The standard InChI is InChI=1S/C17H23N5O3/c23-15(20-25)12-7-18-17(19-8-12)22-10-13-6-14(22)9-21(13)16(24)11-4-2-1-3-5-11/h7-8,11,13-14,25H,1-6,9-10H2,(H,20,23)/t13-,14+/m1/s1. The van der Waals surface area contributed by atoms with E-state index in [0.717, 1.165) is 32.4 Å². The highest BCUT2D eigenvalue weighted by molar-refractivity contribution is 5.92. The number of hydroxylamine groups is 1. The molecule has 134 valence electrons. The second-order valence-corrected chi connectivity index (χ2v) is 7.23. The molecule has 3 heterocycles. The zero-order valence-electron chi connectivity index (χ0n) is 14.1. The summed E-state index contributed by atoms with van der Waals surface area (Å²) in [5.74, 6) is 0.502. The lowest BCUT2D eigenvalue weighted by Gasteiger charge is -2.36. The third kappa shape index (κ3) is 2.95. The second kappa shape index (κ2) is 6.59. The predicted octanol–water partition coefficient (Wildman–Crippen LogP) is 0.965. The van der Waals surface area contributed by atoms with Crippen LogP contribution in [0.3, 0.4) is 0 Å². The van der Waals surface area contributed by atoms with E-state index in [1.165, 1.54) is 31.7 Å². The van der Waals surface area contributed by atoms with Crippen molar-refractivity contribution in [2.45, 2.75) is 50.6 Å². The molecule has 2 bridgehead atoms. The van der Waals surface area contributed by atoms with Crippen LogP contribution < -0.4 is 10.4 Å². The van der Waals surface area contributed by atoms with E-state index in [2.05, 4.69) is 19.8 Å². The number of carbonyl (C=O) groups is 2. The Kier molecular flexibility index (Phi) is 4.29. The molecule has 3 aliphatic rings. The number of anilines is 1. The summed E-state index contributed by atoms with van der Waals surface area (Å²) in [7, 11) is 0. The molecule has 8 nitrogen and oxygen atoms in total. The molecule has 2 saturated heterocycles. The summed E-state index contributed by atoms with van der Waals surface area (Å²) >= 11 is 0. The van der Waals surface area contributed by atoms with E-state index in [1.54, 1.807) is 5.48 Å². The van der Waals surface area contributed by atoms with Crippen molar-refractivity contribution in [3.05, 3.63) is 18.0 Å². The number of hydrogen-bond donors (Lipinski definition) is 2. The first kappa shape index (κ1) is 16.3. The van der Waals surface area contributed by atoms with Crippen LogP contribution in [-0.2, 0) is 4.79 Å². The van der Waals surface area contributed by atoms with Crippen LogP contribution in [0.5, 0.6) is 0 Å². The van der Waals surface area contributed by atoms with Crippen molar-refractivity contribution in [2.24, 2.45) is 5.92 Å². The number of fused-ring (bicyclic) bond motifs is 2. The molecule has 8 heteroatoms. The highest BCUT2D eigenvalue weighted by atomic mass is 16.5. The van der Waals surface area contributed by atoms with Gasteiger partial charge in [0.15, 0.2) is 0 Å². The Balaban J connectivity index is 1.41. The minimum atomic E-state index is -0.626. The number of carbonyl (C=O) groups excluding carboxylic acids is 2. The molecule has 4 rings (SSSR count). The van der Waals surface area contributed by atoms with Crippen LogP contribution in [0.15, 0.2) is 12.4 Å². The molecule has 1 aliphatic carbocycles. The Morgan fingerprint density at radius 3 is 2.40 bits per heavy atom. The summed E-state index contributed by atoms with van der Waals surface area (Å²) in [6, 6.07) is 0.485. The molecule has 0 radical (unpaired) electrons. The number of nitrogens with one attached hydrogen (secondary N) is 1. The average molecular weight is 345 g/mol. The van der Waals surface area contributed by atoms with Crippen LogP contribution in [0, 0.1) is 5.92 Å². The van der Waals surface area contributed by atoms with E-state index in [4.69, 9.17) is 5.21 Å². The number of nitrogens with zero attached hydrogens (tertiary/aromatic N) is 4. The van der Waals surface area contributed by atoms with Gasteiger partial charge in [0.1, 0.15) is 0 Å². The minimum absolute atomic E-state index is 0.213. The van der Waals surface area contributed by atoms with E-state index in [9.17, 15) is 9.59 Å². The molecule has 0 aromatic carbocycles. The number of hydrogen-bond acceptors (Lipinski definition) is 6. The highest BCUT2D eigenvalue weighted by Crippen LogP contribution is 2.35. The second-order valence-electron chi connectivity index (χ2n) is 7.23. The van der Waals surface area contributed by atoms with Crippen LogP contribution in [-0.4, -0.2) is 57.1 Å². The van der Waals surface area contributed by atoms with Crippen LogP contribution in [0.2, 0.25) is 0 Å². The van der Waals surface area contributed by atoms with E-state index < -0.39 is 5.91 Å². The zero-order valence-corrected chi connectivity index (χ0v) is 14.1. The van der Waals surface area contributed by atoms with Crippen LogP contribution in [0.4, 0.5) is 5.95 Å². The van der Waals surface area contributed by atoms with Gasteiger partial charge in [-0.2, -0.15) is 0 Å². The van der Waals surface area contributed by atoms with Crippen LogP contribution in [0.1, 0.15) is 48.9 Å². The SMILES string of the molecule is O=C(NO)c1cnc(N2C[C@H]3C[C@H]2CN3C(=O)C2CCCCC2)nc1. The van der Waals surface area contributed by atoms with Crippen molar-refractivity contribution in [3.63, 3.8) is 0 Å². The molecular weight excluding hydrogens is 322 g/mol. The normalized spacial score (nSPS) is 26.1. The molecule has 0 unspecified atom stereocenters. The maximum atomic E-state index is 12.8. The van der Waals surface area contributed by atoms with Gasteiger partial charge >= 0.3 is 0 Å². The number of piperazine rings is 1. The van der Waals surface area contributed by atoms with Crippen molar-refractivity contribution < 1.29 is 14.8 Å². The number of rotatable bonds is 3. The monoisotopic (exact) mass is 345 g/mol. The van der Waals surface area contributed by atoms with E-state index in [0.29, 0.717) is 11.9 Å². The Morgan fingerprint density at radius 2 is 1.80 bits per heavy atom. The Hall–Kier alpha value is -2.22. The summed E-state index contributed by atoms with van der Waals surface area (Å²) in [5.41, 5.74) is 1.78. The first-order chi connectivity index (χ1) is 12.2. The first-order valence-electron chi connectivity index (χ1n) is 9.01. The molecule has 1 aromatic heterocycles. The summed E-state index contributed by atoms with van der Waals surface area (Å²) in [6.45, 7) is 1.48. The lowest BCUT2D eigenvalue weighted by Crippen LogP contribution is -2.51. The number of amides is 2. The Labute approximate surface area is 146 Å². The van der Waals surface area contributed by atoms with Gasteiger partial charge in [-0.1, -0.05) is 19.3 Å². The average Bonchev–Trinajstić information content (AvgIpc) is 3.28. The summed E-state index contributed by atoms with van der Waals surface area (Å²) < 4.78 is 0. The molecular formula is C17H23N5O3. The van der Waals surface area contributed by atoms with Gasteiger partial charge in [-0.05, 0) is 19.3 Å². The van der Waals surface area contributed by atoms with Gasteiger partial charge in [0.2, 0.25) is 11.9 Å². The van der Waals surface area contributed by atoms with E-state index >= 15 is 0 Å². The maximum absolute atomic E-state index is 12.8. The topological polar surface area (TPSA) is 98.7 Å². The third-order valence-corrected chi connectivity index (χ3v) is 5.74. The first-order valence-corrected chi connectivity index (χ1v) is 9.01. The van der Waals surface area contributed by atoms with Crippen LogP contribution >= 0.6 is 0 Å². The third-order valence-electron chi connectivity index (χ3n) is 5.74. The van der Waals surface area contributed by atoms with E-state index in [-0.39, 0.29) is 23.6 Å². The number of aromatic nitrogens is 2. The fourth-order valence-electron chi connectivity index (χ4n) is 4.42. The van der Waals surface area contributed by atoms with Gasteiger partial charge in [-0.25, -0.2) is 15.4 Å². The fourth-order valence-corrected chi connectivity index (χ4v) is 4.42. The van der Waals surface area contributed by atoms with Crippen molar-refractivity contribution >= 4 is 17.8 Å². The van der Waals surface area contributed by atoms with E-state index in [1.807, 2.05) is 0 Å². The maximum Gasteiger partial charge on any atom is 0.277 e. The zero-order chi connectivity index (χ0) is 17.4. The van der Waals surface area contributed by atoms with Crippen molar-refractivity contribution in [1.29, 1.82) is 0 Å². The summed E-state index contributed by atoms with van der Waals surface area (Å²) in [6.07, 6.45) is 9.45. The fraction of sp³-hybridized carbons (Fsp3) is 0.647. The van der Waals surface area contributed by atoms with Crippen LogP contribution in [0.25, 0.3) is 0 Å². The van der Waals surface area contributed by atoms with Crippen molar-refractivity contribution in [1.82, 2.24) is 20.3 Å². The van der Waals surface area contributed by atoms with Crippen molar-refractivity contribution in [2.75, 3.05) is 18.0 Å². The Morgan fingerprint density at radius 1 is 1.08 bits per heavy atom. The van der Waals surface area contributed by atoms with Gasteiger partial charge < -0.3 is 9.80 Å². The lowest BCUT2D eigenvalue weighted by atomic mass is 9.88. The quantitative estimate of drug-likeness (QED) is 0.625. The predicted molar refractivity (Wildman–Crippen MR) is 89.1 cm³/mol. The van der Waals surface area contributed by atoms with Gasteiger partial charge in [0, 0.05) is 31.4 Å². The van der Waals surface area contributed by atoms with Gasteiger partial charge in [0.25, 0.3) is 5.91 Å².